The van der Waals surface area contributed by atoms with Gasteiger partial charge in [0.1, 0.15) is 0 Å². The molecule has 2 heterocycles. The fourth-order valence-corrected chi connectivity index (χ4v) is 3.37. The number of piperazine rings is 2. The third-order valence-corrected chi connectivity index (χ3v) is 4.69. The van der Waals surface area contributed by atoms with E-state index in [1.807, 2.05) is 24.3 Å². The SMILES string of the molecule is Cl.O=C1CN(C(=O)CN2CCNCC2c2ccccc2Cl)CCN1. The van der Waals surface area contributed by atoms with Crippen molar-refractivity contribution < 1.29 is 9.59 Å². The van der Waals surface area contributed by atoms with Gasteiger partial charge in [-0.1, -0.05) is 29.8 Å². The number of benzene rings is 1. The smallest absolute Gasteiger partial charge is 0.239 e. The average molecular weight is 373 g/mol. The Morgan fingerprint density at radius 1 is 1.25 bits per heavy atom. The van der Waals surface area contributed by atoms with Gasteiger partial charge >= 0.3 is 0 Å². The second kappa shape index (κ2) is 8.67. The van der Waals surface area contributed by atoms with E-state index in [0.29, 0.717) is 19.6 Å². The van der Waals surface area contributed by atoms with Gasteiger partial charge in [0.05, 0.1) is 13.1 Å². The van der Waals surface area contributed by atoms with Gasteiger partial charge < -0.3 is 15.5 Å². The van der Waals surface area contributed by atoms with E-state index in [0.717, 1.165) is 30.2 Å². The van der Waals surface area contributed by atoms with Crippen LogP contribution < -0.4 is 10.6 Å². The minimum absolute atomic E-state index is 0. The summed E-state index contributed by atoms with van der Waals surface area (Å²) in [6.07, 6.45) is 0. The maximum atomic E-state index is 12.5. The summed E-state index contributed by atoms with van der Waals surface area (Å²) in [4.78, 5) is 27.8. The molecule has 2 aliphatic rings. The second-order valence-corrected chi connectivity index (χ2v) is 6.28. The van der Waals surface area contributed by atoms with Crippen LogP contribution in [0.2, 0.25) is 5.02 Å². The molecule has 0 spiro atoms. The number of carbonyl (C=O) groups excluding carboxylic acids is 2. The van der Waals surface area contributed by atoms with E-state index in [9.17, 15) is 9.59 Å². The molecule has 0 radical (unpaired) electrons. The molecule has 2 saturated heterocycles. The summed E-state index contributed by atoms with van der Waals surface area (Å²) in [5.41, 5.74) is 1.03. The van der Waals surface area contributed by atoms with Crippen LogP contribution >= 0.6 is 24.0 Å². The maximum Gasteiger partial charge on any atom is 0.239 e. The van der Waals surface area contributed by atoms with Crippen LogP contribution in [0.1, 0.15) is 11.6 Å². The van der Waals surface area contributed by atoms with E-state index in [1.54, 1.807) is 4.90 Å². The van der Waals surface area contributed by atoms with Crippen molar-refractivity contribution >= 4 is 35.8 Å². The highest BCUT2D eigenvalue weighted by molar-refractivity contribution is 6.31. The first kappa shape index (κ1) is 19.0. The van der Waals surface area contributed by atoms with Crippen LogP contribution in [0, 0.1) is 0 Å². The number of halogens is 2. The molecule has 1 aromatic carbocycles. The average Bonchev–Trinajstić information content (AvgIpc) is 2.56. The zero-order valence-corrected chi connectivity index (χ0v) is 14.9. The number of nitrogens with one attached hydrogen (secondary N) is 2. The summed E-state index contributed by atoms with van der Waals surface area (Å²) in [7, 11) is 0. The topological polar surface area (TPSA) is 64.7 Å². The van der Waals surface area contributed by atoms with Crippen molar-refractivity contribution in [3.8, 4) is 0 Å². The predicted molar refractivity (Wildman–Crippen MR) is 95.5 cm³/mol. The van der Waals surface area contributed by atoms with Gasteiger partial charge in [0.15, 0.2) is 0 Å². The van der Waals surface area contributed by atoms with Crippen LogP contribution in [-0.4, -0.2) is 67.4 Å². The van der Waals surface area contributed by atoms with Gasteiger partial charge in [-0.05, 0) is 11.6 Å². The molecule has 2 fully saturated rings. The Kier molecular flexibility index (Phi) is 6.86. The van der Waals surface area contributed by atoms with Crippen molar-refractivity contribution in [1.82, 2.24) is 20.4 Å². The fraction of sp³-hybridized carbons (Fsp3) is 0.500. The standard InChI is InChI=1S/C16H21ClN4O2.ClH/c17-13-4-2-1-3-12(13)14-9-18-5-7-20(14)11-16(23)21-8-6-19-15(22)10-21;/h1-4,14,18H,5-11H2,(H,19,22);1H. The maximum absolute atomic E-state index is 12.5. The summed E-state index contributed by atoms with van der Waals surface area (Å²) in [5.74, 6) is -0.0913. The quantitative estimate of drug-likeness (QED) is 0.818. The summed E-state index contributed by atoms with van der Waals surface area (Å²) < 4.78 is 0. The molecule has 0 bridgehead atoms. The molecule has 2 amide bonds. The zero-order valence-electron chi connectivity index (χ0n) is 13.3. The summed E-state index contributed by atoms with van der Waals surface area (Å²) in [5, 5.41) is 6.82. The minimum atomic E-state index is -0.0902. The molecule has 2 N–H and O–H groups in total. The monoisotopic (exact) mass is 372 g/mol. The highest BCUT2D eigenvalue weighted by Gasteiger charge is 2.29. The highest BCUT2D eigenvalue weighted by Crippen LogP contribution is 2.28. The van der Waals surface area contributed by atoms with Gasteiger partial charge in [-0.3, -0.25) is 14.5 Å². The van der Waals surface area contributed by atoms with Gasteiger partial charge in [-0.25, -0.2) is 0 Å². The lowest BCUT2D eigenvalue weighted by Gasteiger charge is -2.38. The highest BCUT2D eigenvalue weighted by atomic mass is 35.5. The van der Waals surface area contributed by atoms with Crippen molar-refractivity contribution in [2.45, 2.75) is 6.04 Å². The number of carbonyl (C=O) groups is 2. The van der Waals surface area contributed by atoms with Crippen molar-refractivity contribution in [3.05, 3.63) is 34.9 Å². The normalized spacial score (nSPS) is 21.8. The van der Waals surface area contributed by atoms with E-state index < -0.39 is 0 Å². The Labute approximate surface area is 152 Å². The molecule has 1 unspecified atom stereocenters. The van der Waals surface area contributed by atoms with E-state index in [4.69, 9.17) is 11.6 Å². The van der Waals surface area contributed by atoms with Crippen molar-refractivity contribution in [3.63, 3.8) is 0 Å². The minimum Gasteiger partial charge on any atom is -0.353 e. The molecule has 1 atom stereocenters. The van der Waals surface area contributed by atoms with Crippen molar-refractivity contribution in [1.29, 1.82) is 0 Å². The van der Waals surface area contributed by atoms with Crippen LogP contribution in [0.15, 0.2) is 24.3 Å². The Hall–Kier alpha value is -1.34. The molecule has 132 valence electrons. The third-order valence-electron chi connectivity index (χ3n) is 4.35. The number of hydrogen-bond acceptors (Lipinski definition) is 4. The van der Waals surface area contributed by atoms with Crippen LogP contribution in [-0.2, 0) is 9.59 Å². The lowest BCUT2D eigenvalue weighted by molar-refractivity contribution is -0.139. The van der Waals surface area contributed by atoms with Gasteiger partial charge in [0.2, 0.25) is 11.8 Å². The third kappa shape index (κ3) is 4.39. The van der Waals surface area contributed by atoms with Crippen LogP contribution in [0.5, 0.6) is 0 Å². The molecule has 0 aromatic heterocycles. The summed E-state index contributed by atoms with van der Waals surface area (Å²) >= 11 is 6.32. The molecule has 6 nitrogen and oxygen atoms in total. The van der Waals surface area contributed by atoms with Gasteiger partial charge in [0.25, 0.3) is 0 Å². The predicted octanol–water partition coefficient (Wildman–Crippen LogP) is 0.666. The Balaban J connectivity index is 0.00000208. The Morgan fingerprint density at radius 2 is 2.04 bits per heavy atom. The zero-order chi connectivity index (χ0) is 16.2. The lowest BCUT2D eigenvalue weighted by atomic mass is 10.0. The molecule has 0 saturated carbocycles. The molecule has 3 rings (SSSR count). The van der Waals surface area contributed by atoms with E-state index >= 15 is 0 Å². The van der Waals surface area contributed by atoms with Crippen LogP contribution in [0.3, 0.4) is 0 Å². The Bertz CT molecular complexity index is 599. The van der Waals surface area contributed by atoms with E-state index in [2.05, 4.69) is 15.5 Å². The number of rotatable bonds is 3. The van der Waals surface area contributed by atoms with Crippen molar-refractivity contribution in [2.24, 2.45) is 0 Å². The van der Waals surface area contributed by atoms with Gasteiger partial charge in [-0.2, -0.15) is 0 Å². The largest absolute Gasteiger partial charge is 0.353 e. The van der Waals surface area contributed by atoms with Gasteiger partial charge in [-0.15, -0.1) is 12.4 Å². The van der Waals surface area contributed by atoms with E-state index in [1.165, 1.54) is 0 Å². The molecule has 0 aliphatic carbocycles. The number of nitrogens with zero attached hydrogens (tertiary/aromatic N) is 2. The van der Waals surface area contributed by atoms with Crippen LogP contribution in [0.4, 0.5) is 0 Å². The van der Waals surface area contributed by atoms with Gasteiger partial charge in [0, 0.05) is 43.8 Å². The number of hydrogen-bond donors (Lipinski definition) is 2. The molecule has 24 heavy (non-hydrogen) atoms. The summed E-state index contributed by atoms with van der Waals surface area (Å²) in [6, 6.07) is 7.82. The molecule has 2 aliphatic heterocycles. The second-order valence-electron chi connectivity index (χ2n) is 5.88. The first-order valence-corrected chi connectivity index (χ1v) is 8.26. The molecular weight excluding hydrogens is 351 g/mol. The Morgan fingerprint density at radius 3 is 2.79 bits per heavy atom. The first-order chi connectivity index (χ1) is 11.1. The van der Waals surface area contributed by atoms with Crippen molar-refractivity contribution in [2.75, 3.05) is 45.8 Å². The van der Waals surface area contributed by atoms with Crippen LogP contribution in [0.25, 0.3) is 0 Å². The fourth-order valence-electron chi connectivity index (χ4n) is 3.11. The molecular formula is C16H22Cl2N4O2. The molecule has 8 heteroatoms. The number of amides is 2. The first-order valence-electron chi connectivity index (χ1n) is 7.89. The lowest BCUT2D eigenvalue weighted by Crippen LogP contribution is -2.54. The molecule has 1 aromatic rings. The summed E-state index contributed by atoms with van der Waals surface area (Å²) in [6.45, 7) is 3.95. The van der Waals surface area contributed by atoms with E-state index in [-0.39, 0.29) is 36.8 Å².